The van der Waals surface area contributed by atoms with Gasteiger partial charge < -0.3 is 9.47 Å². The topological polar surface area (TPSA) is 18.5 Å². The van der Waals surface area contributed by atoms with Gasteiger partial charge in [0.1, 0.15) is 11.5 Å². The lowest BCUT2D eigenvalue weighted by atomic mass is 10.2. The summed E-state index contributed by atoms with van der Waals surface area (Å²) in [5.74, 6) is 2.68. The van der Waals surface area contributed by atoms with E-state index < -0.39 is 0 Å². The molecule has 18 heavy (non-hydrogen) atoms. The van der Waals surface area contributed by atoms with Crippen LogP contribution in [0.1, 0.15) is 13.8 Å². The maximum atomic E-state index is 5.82. The number of rotatable bonds is 5. The van der Waals surface area contributed by atoms with Crippen molar-refractivity contribution in [1.29, 1.82) is 0 Å². The third kappa shape index (κ3) is 3.52. The normalized spacial score (nSPS) is 10.7. The van der Waals surface area contributed by atoms with Crippen molar-refractivity contribution in [3.05, 3.63) is 66.6 Å². The highest BCUT2D eigenvalue weighted by atomic mass is 16.7. The van der Waals surface area contributed by atoms with Crippen molar-refractivity contribution in [2.75, 3.05) is 0 Å². The summed E-state index contributed by atoms with van der Waals surface area (Å²) < 4.78 is 11.6. The van der Waals surface area contributed by atoms with E-state index in [2.05, 4.69) is 0 Å². The Hall–Kier alpha value is -1.96. The van der Waals surface area contributed by atoms with Gasteiger partial charge in [0, 0.05) is 0 Å². The van der Waals surface area contributed by atoms with Crippen LogP contribution in [0.15, 0.2) is 60.7 Å². The summed E-state index contributed by atoms with van der Waals surface area (Å²) in [7, 11) is 0. The van der Waals surface area contributed by atoms with E-state index in [-0.39, 0.29) is 6.29 Å². The summed E-state index contributed by atoms with van der Waals surface area (Å²) in [5, 5.41) is 0. The quantitative estimate of drug-likeness (QED) is 0.734. The van der Waals surface area contributed by atoms with Crippen LogP contribution in [0, 0.1) is 5.92 Å². The van der Waals surface area contributed by atoms with E-state index in [1.807, 2.05) is 74.5 Å². The third-order valence-electron chi connectivity index (χ3n) is 2.44. The average molecular weight is 241 g/mol. The van der Waals surface area contributed by atoms with Crippen molar-refractivity contribution in [2.45, 2.75) is 20.1 Å². The molecule has 0 spiro atoms. The van der Waals surface area contributed by atoms with Crippen molar-refractivity contribution in [3.8, 4) is 11.5 Å². The first-order chi connectivity index (χ1) is 8.75. The Kier molecular flexibility index (Phi) is 4.24. The molecule has 0 aliphatic rings. The maximum absolute atomic E-state index is 5.82. The number of para-hydroxylation sites is 2. The Morgan fingerprint density at radius 2 is 1.11 bits per heavy atom. The highest BCUT2D eigenvalue weighted by Crippen LogP contribution is 2.20. The molecule has 0 aromatic heterocycles. The first-order valence-electron chi connectivity index (χ1n) is 5.99. The first-order valence-corrected chi connectivity index (χ1v) is 5.99. The molecule has 2 nitrogen and oxygen atoms in total. The van der Waals surface area contributed by atoms with E-state index in [4.69, 9.17) is 9.47 Å². The molecule has 0 aliphatic heterocycles. The Bertz CT molecular complexity index is 410. The van der Waals surface area contributed by atoms with Gasteiger partial charge in [0.15, 0.2) is 0 Å². The number of hydrogen-bond acceptors (Lipinski definition) is 2. The molecular weight excluding hydrogens is 224 g/mol. The molecule has 2 aromatic rings. The van der Waals surface area contributed by atoms with Crippen molar-refractivity contribution < 1.29 is 9.47 Å². The zero-order valence-corrected chi connectivity index (χ0v) is 10.7. The second kappa shape index (κ2) is 6.10. The summed E-state index contributed by atoms with van der Waals surface area (Å²) in [6.07, 6.45) is -0.366. The van der Waals surface area contributed by atoms with Crippen LogP contribution >= 0.6 is 0 Å². The Morgan fingerprint density at radius 1 is 0.722 bits per heavy atom. The van der Waals surface area contributed by atoms with Gasteiger partial charge in [-0.15, -0.1) is 0 Å². The fraction of sp³-hybridized carbons (Fsp3) is 0.188. The van der Waals surface area contributed by atoms with Crippen molar-refractivity contribution in [1.82, 2.24) is 0 Å². The predicted molar refractivity (Wildman–Crippen MR) is 72.5 cm³/mol. The van der Waals surface area contributed by atoms with Crippen molar-refractivity contribution in [3.63, 3.8) is 0 Å². The van der Waals surface area contributed by atoms with Crippen LogP contribution in [0.4, 0.5) is 0 Å². The lowest BCUT2D eigenvalue weighted by molar-refractivity contribution is 0.0195. The van der Waals surface area contributed by atoms with Crippen LogP contribution in [0.3, 0.4) is 0 Å². The van der Waals surface area contributed by atoms with Gasteiger partial charge in [-0.3, -0.25) is 0 Å². The lowest BCUT2D eigenvalue weighted by Gasteiger charge is -2.23. The second-order valence-electron chi connectivity index (χ2n) is 4.27. The second-order valence-corrected chi connectivity index (χ2v) is 4.27. The molecule has 0 N–H and O–H groups in total. The lowest BCUT2D eigenvalue weighted by Crippen LogP contribution is -2.28. The highest BCUT2D eigenvalue weighted by Gasteiger charge is 2.17. The molecule has 0 bridgehead atoms. The summed E-state index contributed by atoms with van der Waals surface area (Å²) in [4.78, 5) is 0. The van der Waals surface area contributed by atoms with Gasteiger partial charge in [0.05, 0.1) is 5.92 Å². The van der Waals surface area contributed by atoms with Crippen LogP contribution < -0.4 is 9.47 Å². The Morgan fingerprint density at radius 3 is 1.44 bits per heavy atom. The van der Waals surface area contributed by atoms with Crippen molar-refractivity contribution in [2.24, 2.45) is 0 Å². The van der Waals surface area contributed by atoms with E-state index in [1.165, 1.54) is 0 Å². The first kappa shape index (κ1) is 12.5. The molecule has 0 unspecified atom stereocenters. The molecule has 0 amide bonds. The Balaban J connectivity index is 2.05. The van der Waals surface area contributed by atoms with E-state index >= 15 is 0 Å². The molecular formula is C16H17O2. The number of ether oxygens (including phenoxy) is 2. The molecule has 93 valence electrons. The summed E-state index contributed by atoms with van der Waals surface area (Å²) in [6.45, 7) is 3.99. The van der Waals surface area contributed by atoms with Gasteiger partial charge in [-0.1, -0.05) is 50.2 Å². The summed E-state index contributed by atoms with van der Waals surface area (Å²) in [6, 6.07) is 19.4. The van der Waals surface area contributed by atoms with Crippen LogP contribution in [0.2, 0.25) is 0 Å². The largest absolute Gasteiger partial charge is 0.454 e. The fourth-order valence-electron chi connectivity index (χ4n) is 1.51. The zero-order valence-electron chi connectivity index (χ0n) is 10.7. The van der Waals surface area contributed by atoms with Gasteiger partial charge in [0.25, 0.3) is 0 Å². The highest BCUT2D eigenvalue weighted by molar-refractivity contribution is 5.24. The van der Waals surface area contributed by atoms with Gasteiger partial charge in [0.2, 0.25) is 6.29 Å². The number of benzene rings is 2. The summed E-state index contributed by atoms with van der Waals surface area (Å²) in [5.41, 5.74) is 0. The minimum Gasteiger partial charge on any atom is -0.454 e. The molecule has 2 heteroatoms. The average Bonchev–Trinajstić information content (AvgIpc) is 2.40. The molecule has 0 atom stereocenters. The molecule has 0 heterocycles. The van der Waals surface area contributed by atoms with Crippen LogP contribution in [0.5, 0.6) is 11.5 Å². The van der Waals surface area contributed by atoms with E-state index in [0.29, 0.717) is 0 Å². The SMILES string of the molecule is C[C](C)C(Oc1ccccc1)Oc1ccccc1. The van der Waals surface area contributed by atoms with E-state index in [9.17, 15) is 0 Å². The van der Waals surface area contributed by atoms with Gasteiger partial charge in [-0.25, -0.2) is 0 Å². The molecule has 2 rings (SSSR count). The maximum Gasteiger partial charge on any atom is 0.246 e. The molecule has 2 aromatic carbocycles. The minimum absolute atomic E-state index is 0.366. The van der Waals surface area contributed by atoms with E-state index in [1.54, 1.807) is 0 Å². The molecule has 0 fully saturated rings. The predicted octanol–water partition coefficient (Wildman–Crippen LogP) is 4.08. The van der Waals surface area contributed by atoms with Crippen LogP contribution in [-0.2, 0) is 0 Å². The van der Waals surface area contributed by atoms with E-state index in [0.717, 1.165) is 17.4 Å². The fourth-order valence-corrected chi connectivity index (χ4v) is 1.51. The monoisotopic (exact) mass is 241 g/mol. The third-order valence-corrected chi connectivity index (χ3v) is 2.44. The summed E-state index contributed by atoms with van der Waals surface area (Å²) >= 11 is 0. The number of hydrogen-bond donors (Lipinski definition) is 0. The molecule has 0 saturated carbocycles. The standard InChI is InChI=1S/C16H17O2/c1-13(2)16(17-14-9-5-3-6-10-14)18-15-11-7-4-8-12-15/h3-12,16H,1-2H3. The van der Waals surface area contributed by atoms with Gasteiger partial charge in [-0.2, -0.15) is 0 Å². The molecule has 0 saturated heterocycles. The van der Waals surface area contributed by atoms with Crippen LogP contribution in [-0.4, -0.2) is 6.29 Å². The van der Waals surface area contributed by atoms with Gasteiger partial charge in [-0.05, 0) is 24.3 Å². The molecule has 0 aliphatic carbocycles. The van der Waals surface area contributed by atoms with Crippen molar-refractivity contribution >= 4 is 0 Å². The minimum atomic E-state index is -0.366. The van der Waals surface area contributed by atoms with Crippen LogP contribution in [0.25, 0.3) is 0 Å². The smallest absolute Gasteiger partial charge is 0.246 e. The Labute approximate surface area is 108 Å². The van der Waals surface area contributed by atoms with Gasteiger partial charge >= 0.3 is 0 Å². The zero-order chi connectivity index (χ0) is 12.8. The molecule has 1 radical (unpaired) electrons.